The van der Waals surface area contributed by atoms with Crippen molar-refractivity contribution in [2.24, 2.45) is 0 Å². The van der Waals surface area contributed by atoms with Gasteiger partial charge in [-0.1, -0.05) is 25.1 Å². The van der Waals surface area contributed by atoms with E-state index in [1.165, 1.54) is 19.6 Å². The van der Waals surface area contributed by atoms with Crippen LogP contribution in [0.4, 0.5) is 0 Å². The van der Waals surface area contributed by atoms with Crippen LogP contribution in [0, 0.1) is 0 Å². The van der Waals surface area contributed by atoms with Crippen molar-refractivity contribution in [2.45, 2.75) is 50.7 Å². The smallest absolute Gasteiger partial charge is 0.244 e. The van der Waals surface area contributed by atoms with Gasteiger partial charge in [-0.3, -0.25) is 24.0 Å². The minimum atomic E-state index is -1.23. The van der Waals surface area contributed by atoms with Crippen LogP contribution in [0.25, 0.3) is 10.9 Å². The molecular formula is C27H36N8O6. The van der Waals surface area contributed by atoms with Gasteiger partial charge >= 0.3 is 0 Å². The standard InChI is InChI=1S/C27H36N8O6/c1-3-6-23(37)31-13-24(38)33-21(10-17-12-29-15-32-17)27(41)34-20(26(40)35-22(14-36)25(39)28-2)9-16-11-30-19-8-5-4-7-18(16)19/h4-5,7-8,11-12,15,20-22,30,36H,3,6,9-10,13-14H2,1-2H3,(H,28,39)(H,29,32)(H,31,37)(H,33,38)(H,34,41)(H,35,40). The molecule has 2 heterocycles. The maximum Gasteiger partial charge on any atom is 0.244 e. The van der Waals surface area contributed by atoms with E-state index < -0.39 is 48.4 Å². The van der Waals surface area contributed by atoms with E-state index in [4.69, 9.17) is 0 Å². The number of aromatic amines is 2. The van der Waals surface area contributed by atoms with E-state index in [-0.39, 0.29) is 31.7 Å². The van der Waals surface area contributed by atoms with Gasteiger partial charge in [0.05, 0.1) is 19.5 Å². The lowest BCUT2D eigenvalue weighted by atomic mass is 10.0. The number of hydrogen-bond donors (Lipinski definition) is 8. The number of amides is 5. The van der Waals surface area contributed by atoms with Crippen LogP contribution in [0.3, 0.4) is 0 Å². The Balaban J connectivity index is 1.82. The van der Waals surface area contributed by atoms with Gasteiger partial charge in [0, 0.05) is 55.3 Å². The molecule has 0 aliphatic carbocycles. The Morgan fingerprint density at radius 2 is 1.61 bits per heavy atom. The summed E-state index contributed by atoms with van der Waals surface area (Å²) >= 11 is 0. The zero-order valence-electron chi connectivity index (χ0n) is 23.0. The zero-order valence-corrected chi connectivity index (χ0v) is 23.0. The number of hydrogen-bond acceptors (Lipinski definition) is 7. The van der Waals surface area contributed by atoms with E-state index >= 15 is 0 Å². The van der Waals surface area contributed by atoms with Crippen molar-refractivity contribution < 1.29 is 29.1 Å². The summed E-state index contributed by atoms with van der Waals surface area (Å²) in [5.41, 5.74) is 2.12. The monoisotopic (exact) mass is 568 g/mol. The van der Waals surface area contributed by atoms with E-state index in [2.05, 4.69) is 41.5 Å². The van der Waals surface area contributed by atoms with Gasteiger partial charge in [-0.2, -0.15) is 0 Å². The van der Waals surface area contributed by atoms with Gasteiger partial charge in [0.2, 0.25) is 29.5 Å². The van der Waals surface area contributed by atoms with Crippen LogP contribution in [-0.4, -0.2) is 87.9 Å². The van der Waals surface area contributed by atoms with Crippen LogP contribution in [-0.2, 0) is 36.8 Å². The van der Waals surface area contributed by atoms with Gasteiger partial charge in [-0.15, -0.1) is 0 Å². The molecule has 0 bridgehead atoms. The predicted molar refractivity (Wildman–Crippen MR) is 149 cm³/mol. The summed E-state index contributed by atoms with van der Waals surface area (Å²) in [6.07, 6.45) is 5.61. The molecule has 0 spiro atoms. The first-order valence-corrected chi connectivity index (χ1v) is 13.3. The lowest BCUT2D eigenvalue weighted by Crippen LogP contribution is -2.58. The molecule has 3 aromatic rings. The quantitative estimate of drug-likeness (QED) is 0.112. The molecule has 0 fully saturated rings. The third kappa shape index (κ3) is 8.89. The second-order valence-electron chi connectivity index (χ2n) is 9.41. The highest BCUT2D eigenvalue weighted by atomic mass is 16.3. The normalized spacial score (nSPS) is 13.0. The SMILES string of the molecule is CCCC(=O)NCC(=O)NC(Cc1cnc[nH]1)C(=O)NC(Cc1c[nH]c2ccccc12)C(=O)NC(CO)C(=O)NC. The van der Waals surface area contributed by atoms with Gasteiger partial charge in [0.25, 0.3) is 0 Å². The van der Waals surface area contributed by atoms with Crippen molar-refractivity contribution in [1.29, 1.82) is 0 Å². The van der Waals surface area contributed by atoms with Gasteiger partial charge in [0.15, 0.2) is 0 Å². The minimum absolute atomic E-state index is 0.0272. The Morgan fingerprint density at radius 3 is 2.27 bits per heavy atom. The molecule has 2 aromatic heterocycles. The Morgan fingerprint density at radius 1 is 0.902 bits per heavy atom. The van der Waals surface area contributed by atoms with Gasteiger partial charge in [-0.25, -0.2) is 4.98 Å². The van der Waals surface area contributed by atoms with Gasteiger partial charge < -0.3 is 41.7 Å². The van der Waals surface area contributed by atoms with E-state index in [9.17, 15) is 29.1 Å². The highest BCUT2D eigenvalue weighted by molar-refractivity contribution is 5.95. The first-order chi connectivity index (χ1) is 19.7. The second-order valence-corrected chi connectivity index (χ2v) is 9.41. The molecule has 0 aliphatic heterocycles. The lowest BCUT2D eigenvalue weighted by molar-refractivity contribution is -0.134. The van der Waals surface area contributed by atoms with Crippen LogP contribution in [0.2, 0.25) is 0 Å². The van der Waals surface area contributed by atoms with Crippen LogP contribution < -0.4 is 26.6 Å². The molecule has 0 saturated carbocycles. The lowest BCUT2D eigenvalue weighted by Gasteiger charge is -2.24. The fraction of sp³-hybridized carbons (Fsp3) is 0.407. The second kappa shape index (κ2) is 15.2. The van der Waals surface area contributed by atoms with Gasteiger partial charge in [-0.05, 0) is 18.1 Å². The maximum atomic E-state index is 13.5. The maximum absolute atomic E-state index is 13.5. The first-order valence-electron chi connectivity index (χ1n) is 13.3. The van der Waals surface area contributed by atoms with Crippen molar-refractivity contribution in [3.05, 3.63) is 54.2 Å². The fourth-order valence-corrected chi connectivity index (χ4v) is 4.21. The number of carbonyl (C=O) groups excluding carboxylic acids is 5. The topological polar surface area (TPSA) is 210 Å². The highest BCUT2D eigenvalue weighted by Gasteiger charge is 2.30. The molecular weight excluding hydrogens is 532 g/mol. The zero-order chi connectivity index (χ0) is 29.8. The van der Waals surface area contributed by atoms with Crippen molar-refractivity contribution in [3.63, 3.8) is 0 Å². The molecule has 220 valence electrons. The molecule has 3 rings (SSSR count). The number of nitrogens with one attached hydrogen (secondary N) is 7. The molecule has 0 saturated heterocycles. The molecule has 0 radical (unpaired) electrons. The number of carbonyl (C=O) groups is 5. The summed E-state index contributed by atoms with van der Waals surface area (Å²) in [5.74, 6) is -2.86. The molecule has 0 aliphatic rings. The van der Waals surface area contributed by atoms with Crippen molar-refractivity contribution in [3.8, 4) is 0 Å². The summed E-state index contributed by atoms with van der Waals surface area (Å²) in [4.78, 5) is 73.4. The summed E-state index contributed by atoms with van der Waals surface area (Å²) in [6, 6.07) is 3.90. The van der Waals surface area contributed by atoms with Crippen LogP contribution >= 0.6 is 0 Å². The van der Waals surface area contributed by atoms with E-state index in [1.807, 2.05) is 31.2 Å². The van der Waals surface area contributed by atoms with Crippen LogP contribution in [0.15, 0.2) is 43.0 Å². The molecule has 5 amide bonds. The van der Waals surface area contributed by atoms with Crippen molar-refractivity contribution >= 4 is 40.4 Å². The molecule has 3 unspecified atom stereocenters. The number of nitrogens with zero attached hydrogens (tertiary/aromatic N) is 1. The highest BCUT2D eigenvalue weighted by Crippen LogP contribution is 2.19. The van der Waals surface area contributed by atoms with E-state index in [0.29, 0.717) is 12.1 Å². The number of rotatable bonds is 15. The number of H-pyrrole nitrogens is 2. The third-order valence-electron chi connectivity index (χ3n) is 6.35. The summed E-state index contributed by atoms with van der Waals surface area (Å²) in [7, 11) is 1.37. The van der Waals surface area contributed by atoms with Crippen molar-refractivity contribution in [2.75, 3.05) is 20.2 Å². The summed E-state index contributed by atoms with van der Waals surface area (Å²) < 4.78 is 0. The number of fused-ring (bicyclic) bond motifs is 1. The number of benzene rings is 1. The number of imidazole rings is 1. The Hall–Kier alpha value is -4.72. The Labute approximate surface area is 236 Å². The summed E-state index contributed by atoms with van der Waals surface area (Å²) in [5, 5.41) is 23.1. The molecule has 41 heavy (non-hydrogen) atoms. The third-order valence-corrected chi connectivity index (χ3v) is 6.35. The van der Waals surface area contributed by atoms with Gasteiger partial charge in [0.1, 0.15) is 18.1 Å². The first kappa shape index (κ1) is 30.8. The molecule has 1 aromatic carbocycles. The van der Waals surface area contributed by atoms with Crippen LogP contribution in [0.1, 0.15) is 31.0 Å². The molecule has 14 nitrogen and oxygen atoms in total. The van der Waals surface area contributed by atoms with Crippen molar-refractivity contribution in [1.82, 2.24) is 41.5 Å². The average molecular weight is 569 g/mol. The largest absolute Gasteiger partial charge is 0.394 e. The molecule has 8 N–H and O–H groups in total. The Bertz CT molecular complexity index is 1340. The minimum Gasteiger partial charge on any atom is -0.394 e. The predicted octanol–water partition coefficient (Wildman–Crippen LogP) is -1.21. The average Bonchev–Trinajstić information content (AvgIpc) is 3.63. The number of para-hydroxylation sites is 1. The van der Waals surface area contributed by atoms with E-state index in [0.717, 1.165) is 16.5 Å². The fourth-order valence-electron chi connectivity index (χ4n) is 4.21. The molecule has 14 heteroatoms. The molecule has 3 atom stereocenters. The number of likely N-dealkylation sites (N-methyl/N-ethyl adjacent to an activating group) is 1. The number of aromatic nitrogens is 3. The Kier molecular flexibility index (Phi) is 11.4. The van der Waals surface area contributed by atoms with E-state index in [1.54, 1.807) is 6.20 Å². The number of aliphatic hydroxyl groups excluding tert-OH is 1. The summed E-state index contributed by atoms with van der Waals surface area (Å²) in [6.45, 7) is 0.862. The van der Waals surface area contributed by atoms with Crippen LogP contribution in [0.5, 0.6) is 0 Å². The number of aliphatic hydroxyl groups is 1.